The van der Waals surface area contributed by atoms with Crippen LogP contribution < -0.4 is 5.32 Å². The first kappa shape index (κ1) is 17.3. The third-order valence-corrected chi connectivity index (χ3v) is 5.84. The molecule has 0 aromatic heterocycles. The van der Waals surface area contributed by atoms with Gasteiger partial charge in [-0.05, 0) is 62.6 Å². The summed E-state index contributed by atoms with van der Waals surface area (Å²) in [6, 6.07) is 5.59. The Morgan fingerprint density at radius 1 is 1.00 bits per heavy atom. The summed E-state index contributed by atoms with van der Waals surface area (Å²) in [5.41, 5.74) is 2.42. The number of carbonyl (C=O) groups is 3. The number of likely N-dealkylation sites (tertiary alicyclic amines) is 1. The van der Waals surface area contributed by atoms with Gasteiger partial charge in [-0.2, -0.15) is 0 Å². The highest BCUT2D eigenvalue weighted by Gasteiger charge is 2.35. The molecule has 3 aliphatic rings. The van der Waals surface area contributed by atoms with Crippen molar-refractivity contribution in [1.82, 2.24) is 10.2 Å². The molecular weight excluding hydrogens is 328 g/mol. The number of benzene rings is 1. The molecule has 1 saturated heterocycles. The van der Waals surface area contributed by atoms with Crippen LogP contribution in [0, 0.1) is 5.92 Å². The van der Waals surface area contributed by atoms with E-state index in [4.69, 9.17) is 0 Å². The first-order chi connectivity index (χ1) is 12.6. The fourth-order valence-electron chi connectivity index (χ4n) is 4.05. The topological polar surface area (TPSA) is 66.5 Å². The van der Waals surface area contributed by atoms with Gasteiger partial charge in [-0.1, -0.05) is 6.07 Å². The van der Waals surface area contributed by atoms with Gasteiger partial charge in [0.2, 0.25) is 5.91 Å². The van der Waals surface area contributed by atoms with Crippen LogP contribution in [0.5, 0.6) is 0 Å². The molecule has 1 aromatic carbocycles. The molecule has 0 radical (unpaired) electrons. The molecule has 0 atom stereocenters. The van der Waals surface area contributed by atoms with Crippen molar-refractivity contribution < 1.29 is 14.4 Å². The molecule has 26 heavy (non-hydrogen) atoms. The second-order valence-electron chi connectivity index (χ2n) is 7.85. The van der Waals surface area contributed by atoms with Crippen molar-refractivity contribution in [3.05, 3.63) is 34.9 Å². The highest BCUT2D eigenvalue weighted by atomic mass is 16.2. The van der Waals surface area contributed by atoms with Crippen molar-refractivity contribution in [1.29, 1.82) is 0 Å². The molecule has 1 heterocycles. The Bertz CT molecular complexity index is 731. The molecule has 1 saturated carbocycles. The summed E-state index contributed by atoms with van der Waals surface area (Å²) in [7, 11) is 0. The van der Waals surface area contributed by atoms with Gasteiger partial charge in [0.05, 0.1) is 0 Å². The standard InChI is InChI=1S/C21H26N2O3/c24-19-4-2-1-3-15-13-16(7-8-18(15)19)20(25)22-17-9-11-23(12-10-17)21(26)14-5-6-14/h7-8,13-14,17H,1-6,9-12H2,(H,22,25). The fourth-order valence-corrected chi connectivity index (χ4v) is 4.05. The van der Waals surface area contributed by atoms with Crippen molar-refractivity contribution in [2.45, 2.75) is 57.4 Å². The quantitative estimate of drug-likeness (QED) is 0.849. The normalized spacial score (nSPS) is 21.1. The smallest absolute Gasteiger partial charge is 0.251 e. The predicted molar refractivity (Wildman–Crippen MR) is 98.1 cm³/mol. The van der Waals surface area contributed by atoms with E-state index in [1.165, 1.54) is 0 Å². The lowest BCUT2D eigenvalue weighted by Crippen LogP contribution is -2.47. The number of hydrogen-bond donors (Lipinski definition) is 1. The molecule has 1 aliphatic heterocycles. The number of aryl methyl sites for hydroxylation is 1. The lowest BCUT2D eigenvalue weighted by Gasteiger charge is -2.32. The van der Waals surface area contributed by atoms with Crippen LogP contribution in [0.3, 0.4) is 0 Å². The van der Waals surface area contributed by atoms with Gasteiger partial charge in [-0.15, -0.1) is 0 Å². The Hall–Kier alpha value is -2.17. The first-order valence-electron chi connectivity index (χ1n) is 9.87. The number of nitrogens with one attached hydrogen (secondary N) is 1. The summed E-state index contributed by atoms with van der Waals surface area (Å²) < 4.78 is 0. The molecule has 1 aromatic rings. The van der Waals surface area contributed by atoms with Gasteiger partial charge in [0.15, 0.2) is 5.78 Å². The molecule has 0 spiro atoms. The SMILES string of the molecule is O=C(NC1CCN(C(=O)C2CC2)CC1)c1ccc2c(c1)CCCCC2=O. The van der Waals surface area contributed by atoms with Gasteiger partial charge >= 0.3 is 0 Å². The van der Waals surface area contributed by atoms with Gasteiger partial charge in [-0.25, -0.2) is 0 Å². The third kappa shape index (κ3) is 3.67. The van der Waals surface area contributed by atoms with Crippen LogP contribution in [0.2, 0.25) is 0 Å². The maximum Gasteiger partial charge on any atom is 0.251 e. The number of ketones is 1. The average molecular weight is 354 g/mol. The van der Waals surface area contributed by atoms with Crippen LogP contribution in [0.4, 0.5) is 0 Å². The molecular formula is C21H26N2O3. The predicted octanol–water partition coefficient (Wildman–Crippen LogP) is 2.73. The number of rotatable bonds is 3. The van der Waals surface area contributed by atoms with Crippen LogP contribution >= 0.6 is 0 Å². The van der Waals surface area contributed by atoms with Gasteiger partial charge < -0.3 is 10.2 Å². The molecule has 2 aliphatic carbocycles. The lowest BCUT2D eigenvalue weighted by molar-refractivity contribution is -0.133. The van der Waals surface area contributed by atoms with E-state index in [9.17, 15) is 14.4 Å². The van der Waals surface area contributed by atoms with E-state index in [2.05, 4.69) is 5.32 Å². The van der Waals surface area contributed by atoms with Crippen molar-refractivity contribution in [3.8, 4) is 0 Å². The van der Waals surface area contributed by atoms with E-state index in [-0.39, 0.29) is 23.7 Å². The largest absolute Gasteiger partial charge is 0.349 e. The number of hydrogen-bond acceptors (Lipinski definition) is 3. The Morgan fingerprint density at radius 2 is 1.73 bits per heavy atom. The van der Waals surface area contributed by atoms with Crippen molar-refractivity contribution >= 4 is 17.6 Å². The molecule has 2 amide bonds. The Balaban J connectivity index is 1.36. The maximum absolute atomic E-state index is 12.6. The number of carbonyl (C=O) groups excluding carboxylic acids is 3. The fraction of sp³-hybridized carbons (Fsp3) is 0.571. The lowest BCUT2D eigenvalue weighted by atomic mass is 9.98. The highest BCUT2D eigenvalue weighted by molar-refractivity contribution is 6.00. The van der Waals surface area contributed by atoms with Gasteiger partial charge in [0, 0.05) is 42.6 Å². The molecule has 5 heteroatoms. The third-order valence-electron chi connectivity index (χ3n) is 5.84. The second-order valence-corrected chi connectivity index (χ2v) is 7.85. The molecule has 138 valence electrons. The summed E-state index contributed by atoms with van der Waals surface area (Å²) in [5, 5.41) is 3.11. The van der Waals surface area contributed by atoms with Crippen LogP contribution in [0.15, 0.2) is 18.2 Å². The van der Waals surface area contributed by atoms with Gasteiger partial charge in [-0.3, -0.25) is 14.4 Å². The van der Waals surface area contributed by atoms with Gasteiger partial charge in [0.25, 0.3) is 5.91 Å². The Labute approximate surface area is 154 Å². The minimum Gasteiger partial charge on any atom is -0.349 e. The molecule has 0 bridgehead atoms. The average Bonchev–Trinajstić information content (AvgIpc) is 3.50. The summed E-state index contributed by atoms with van der Waals surface area (Å²) in [6.07, 6.45) is 7.10. The molecule has 4 rings (SSSR count). The number of amides is 2. The first-order valence-corrected chi connectivity index (χ1v) is 9.87. The van der Waals surface area contributed by atoms with E-state index in [0.29, 0.717) is 17.9 Å². The van der Waals surface area contributed by atoms with Crippen LogP contribution in [-0.2, 0) is 11.2 Å². The second kappa shape index (κ2) is 7.22. The zero-order chi connectivity index (χ0) is 18.1. The number of piperidine rings is 1. The van der Waals surface area contributed by atoms with Crippen LogP contribution in [0.25, 0.3) is 0 Å². The minimum atomic E-state index is -0.0727. The van der Waals surface area contributed by atoms with Crippen molar-refractivity contribution in [2.75, 3.05) is 13.1 Å². The highest BCUT2D eigenvalue weighted by Crippen LogP contribution is 2.32. The number of fused-ring (bicyclic) bond motifs is 1. The van der Waals surface area contributed by atoms with Crippen molar-refractivity contribution in [2.24, 2.45) is 5.92 Å². The number of Topliss-reactive ketones (excluding diaryl/α,β-unsaturated/α-hetero) is 1. The Kier molecular flexibility index (Phi) is 4.79. The molecule has 1 N–H and O–H groups in total. The van der Waals surface area contributed by atoms with Crippen LogP contribution in [-0.4, -0.2) is 41.6 Å². The zero-order valence-corrected chi connectivity index (χ0v) is 15.1. The van der Waals surface area contributed by atoms with E-state index < -0.39 is 0 Å². The van der Waals surface area contributed by atoms with Crippen LogP contribution in [0.1, 0.15) is 71.2 Å². The van der Waals surface area contributed by atoms with E-state index >= 15 is 0 Å². The summed E-state index contributed by atoms with van der Waals surface area (Å²) in [6.45, 7) is 1.47. The monoisotopic (exact) mass is 354 g/mol. The maximum atomic E-state index is 12.6. The molecule has 2 fully saturated rings. The minimum absolute atomic E-state index is 0.0727. The summed E-state index contributed by atoms with van der Waals surface area (Å²) >= 11 is 0. The zero-order valence-electron chi connectivity index (χ0n) is 15.1. The summed E-state index contributed by atoms with van der Waals surface area (Å²) in [4.78, 5) is 38.8. The Morgan fingerprint density at radius 3 is 2.46 bits per heavy atom. The van der Waals surface area contributed by atoms with Crippen molar-refractivity contribution in [3.63, 3.8) is 0 Å². The summed E-state index contributed by atoms with van der Waals surface area (Å²) in [5.74, 6) is 0.683. The van der Waals surface area contributed by atoms with E-state index in [0.717, 1.165) is 69.2 Å². The number of nitrogens with zero attached hydrogens (tertiary/aromatic N) is 1. The molecule has 0 unspecified atom stereocenters. The van der Waals surface area contributed by atoms with E-state index in [1.807, 2.05) is 17.0 Å². The van der Waals surface area contributed by atoms with Gasteiger partial charge in [0.1, 0.15) is 0 Å². The molecule has 5 nitrogen and oxygen atoms in total. The van der Waals surface area contributed by atoms with E-state index in [1.54, 1.807) is 6.07 Å².